The van der Waals surface area contributed by atoms with E-state index < -0.39 is 10.0 Å². The van der Waals surface area contributed by atoms with Crippen LogP contribution in [0.2, 0.25) is 0 Å². The van der Waals surface area contributed by atoms with E-state index in [-0.39, 0.29) is 22.6 Å². The molecule has 1 unspecified atom stereocenters. The molecule has 0 fully saturated rings. The maximum Gasteiger partial charge on any atom is 0.238 e. The summed E-state index contributed by atoms with van der Waals surface area (Å²) in [5.74, 6) is 0.153. The highest BCUT2D eigenvalue weighted by Crippen LogP contribution is 2.22. The lowest BCUT2D eigenvalue weighted by Gasteiger charge is -2.25. The van der Waals surface area contributed by atoms with Gasteiger partial charge >= 0.3 is 0 Å². The number of carbonyl (C=O) groups is 1. The van der Waals surface area contributed by atoms with E-state index in [0.717, 1.165) is 17.0 Å². The monoisotopic (exact) mass is 394 g/mol. The normalized spacial score (nSPS) is 12.7. The quantitative estimate of drug-likeness (QED) is 0.594. The molecule has 26 heavy (non-hydrogen) atoms. The van der Waals surface area contributed by atoms with Crippen molar-refractivity contribution in [3.05, 3.63) is 47.3 Å². The molecule has 0 aliphatic carbocycles. The molecule has 1 atom stereocenters. The van der Waals surface area contributed by atoms with Crippen LogP contribution in [-0.2, 0) is 14.8 Å². The topological polar surface area (TPSA) is 106 Å². The molecule has 1 amide bonds. The molecule has 2 rings (SSSR count). The predicted molar refractivity (Wildman–Crippen MR) is 101 cm³/mol. The van der Waals surface area contributed by atoms with Crippen molar-refractivity contribution >= 4 is 27.7 Å². The first-order chi connectivity index (χ1) is 12.1. The molecule has 1 heterocycles. The van der Waals surface area contributed by atoms with Crippen molar-refractivity contribution in [3.63, 3.8) is 0 Å². The van der Waals surface area contributed by atoms with E-state index in [4.69, 9.17) is 5.14 Å². The Morgan fingerprint density at radius 1 is 1.19 bits per heavy atom. The number of aromatic nitrogens is 2. The van der Waals surface area contributed by atoms with Gasteiger partial charge in [-0.2, -0.15) is 0 Å². The summed E-state index contributed by atoms with van der Waals surface area (Å²) in [6.45, 7) is 5.65. The summed E-state index contributed by atoms with van der Waals surface area (Å²) >= 11 is 1.29. The van der Waals surface area contributed by atoms with Gasteiger partial charge in [-0.05, 0) is 44.5 Å². The van der Waals surface area contributed by atoms with E-state index >= 15 is 0 Å². The van der Waals surface area contributed by atoms with E-state index in [1.807, 2.05) is 26.8 Å². The first-order valence-corrected chi connectivity index (χ1v) is 10.4. The van der Waals surface area contributed by atoms with Gasteiger partial charge in [-0.1, -0.05) is 23.9 Å². The molecule has 0 bridgehead atoms. The average Bonchev–Trinajstić information content (AvgIpc) is 2.57. The fourth-order valence-electron chi connectivity index (χ4n) is 2.36. The molecule has 0 spiro atoms. The van der Waals surface area contributed by atoms with Gasteiger partial charge in [0.25, 0.3) is 0 Å². The zero-order chi connectivity index (χ0) is 19.5. The number of aryl methyl sites for hydroxylation is 2. The summed E-state index contributed by atoms with van der Waals surface area (Å²) in [5.41, 5.74) is 2.55. The minimum atomic E-state index is -3.73. The Balaban J connectivity index is 2.02. The Labute approximate surface area is 158 Å². The fraction of sp³-hybridized carbons (Fsp3) is 0.353. The standard InChI is InChI=1S/C17H22N4O3S2/c1-11-9-12(2)20-17(19-11)25-10-16(22)21(4)13(3)14-5-7-15(8-6-14)26(18,23)24/h5-9,13H,10H2,1-4H3,(H2,18,23,24). The van der Waals surface area contributed by atoms with Crippen molar-refractivity contribution in [2.45, 2.75) is 36.9 Å². The molecular formula is C17H22N4O3S2. The van der Waals surface area contributed by atoms with E-state index in [9.17, 15) is 13.2 Å². The van der Waals surface area contributed by atoms with Crippen LogP contribution in [0.1, 0.15) is 29.9 Å². The summed E-state index contributed by atoms with van der Waals surface area (Å²) in [6, 6.07) is 7.88. The number of sulfonamides is 1. The fourth-order valence-corrected chi connectivity index (χ4v) is 3.75. The van der Waals surface area contributed by atoms with Crippen LogP contribution in [0.25, 0.3) is 0 Å². The smallest absolute Gasteiger partial charge is 0.238 e. The molecule has 9 heteroatoms. The lowest BCUT2D eigenvalue weighted by Crippen LogP contribution is -2.31. The first kappa shape index (κ1) is 20.3. The molecule has 2 N–H and O–H groups in total. The second-order valence-corrected chi connectivity index (χ2v) is 8.52. The second-order valence-electron chi connectivity index (χ2n) is 6.02. The Bertz CT molecular complexity index is 878. The number of rotatable bonds is 6. The number of carbonyl (C=O) groups excluding carboxylic acids is 1. The number of hydrogen-bond donors (Lipinski definition) is 1. The van der Waals surface area contributed by atoms with Gasteiger partial charge in [-0.15, -0.1) is 0 Å². The molecule has 1 aromatic carbocycles. The second kappa shape index (κ2) is 8.15. The minimum absolute atomic E-state index is 0.0463. The van der Waals surface area contributed by atoms with Gasteiger partial charge in [-0.3, -0.25) is 4.79 Å². The number of nitrogens with zero attached hydrogens (tertiary/aromatic N) is 3. The summed E-state index contributed by atoms with van der Waals surface area (Å²) in [4.78, 5) is 22.7. The Morgan fingerprint density at radius 3 is 2.23 bits per heavy atom. The van der Waals surface area contributed by atoms with Crippen LogP contribution in [0.3, 0.4) is 0 Å². The molecule has 2 aromatic rings. The van der Waals surface area contributed by atoms with Crippen molar-refractivity contribution in [1.29, 1.82) is 0 Å². The third kappa shape index (κ3) is 5.26. The van der Waals surface area contributed by atoms with E-state index in [1.54, 1.807) is 24.1 Å². The Morgan fingerprint density at radius 2 is 1.73 bits per heavy atom. The average molecular weight is 395 g/mol. The van der Waals surface area contributed by atoms with Crippen LogP contribution in [0.4, 0.5) is 0 Å². The lowest BCUT2D eigenvalue weighted by molar-refractivity contribution is -0.128. The third-order valence-corrected chi connectivity index (χ3v) is 5.71. The van der Waals surface area contributed by atoms with Crippen LogP contribution in [0.5, 0.6) is 0 Å². The molecule has 0 radical (unpaired) electrons. The van der Waals surface area contributed by atoms with Crippen molar-refractivity contribution in [1.82, 2.24) is 14.9 Å². The Hall–Kier alpha value is -1.97. The largest absolute Gasteiger partial charge is 0.338 e. The van der Waals surface area contributed by atoms with E-state index in [2.05, 4.69) is 9.97 Å². The zero-order valence-electron chi connectivity index (χ0n) is 15.1. The zero-order valence-corrected chi connectivity index (χ0v) is 16.8. The molecular weight excluding hydrogens is 372 g/mol. The van der Waals surface area contributed by atoms with Crippen molar-refractivity contribution in [2.75, 3.05) is 12.8 Å². The van der Waals surface area contributed by atoms with Gasteiger partial charge in [0.05, 0.1) is 16.7 Å². The van der Waals surface area contributed by atoms with Crippen LogP contribution >= 0.6 is 11.8 Å². The van der Waals surface area contributed by atoms with Crippen LogP contribution < -0.4 is 5.14 Å². The van der Waals surface area contributed by atoms with Crippen LogP contribution in [0, 0.1) is 13.8 Å². The highest BCUT2D eigenvalue weighted by molar-refractivity contribution is 7.99. The maximum atomic E-state index is 12.5. The molecule has 0 aliphatic rings. The van der Waals surface area contributed by atoms with Crippen molar-refractivity contribution in [2.24, 2.45) is 5.14 Å². The van der Waals surface area contributed by atoms with Gasteiger partial charge in [0.2, 0.25) is 15.9 Å². The highest BCUT2D eigenvalue weighted by Gasteiger charge is 2.19. The van der Waals surface area contributed by atoms with Gasteiger partial charge in [0.1, 0.15) is 0 Å². The number of hydrogen-bond acceptors (Lipinski definition) is 6. The SMILES string of the molecule is Cc1cc(C)nc(SCC(=O)N(C)C(C)c2ccc(S(N)(=O)=O)cc2)n1. The molecule has 140 valence electrons. The number of nitrogens with two attached hydrogens (primary N) is 1. The van der Waals surface area contributed by atoms with E-state index in [0.29, 0.717) is 5.16 Å². The first-order valence-electron chi connectivity index (χ1n) is 7.91. The van der Waals surface area contributed by atoms with Gasteiger partial charge < -0.3 is 4.90 Å². The van der Waals surface area contributed by atoms with Gasteiger partial charge in [0, 0.05) is 18.4 Å². The molecule has 7 nitrogen and oxygen atoms in total. The predicted octanol–water partition coefficient (Wildman–Crippen LogP) is 2.05. The molecule has 1 aromatic heterocycles. The van der Waals surface area contributed by atoms with E-state index in [1.165, 1.54) is 23.9 Å². The third-order valence-electron chi connectivity index (χ3n) is 3.95. The lowest BCUT2D eigenvalue weighted by atomic mass is 10.1. The van der Waals surface area contributed by atoms with Crippen molar-refractivity contribution < 1.29 is 13.2 Å². The number of benzene rings is 1. The number of thioether (sulfide) groups is 1. The summed E-state index contributed by atoms with van der Waals surface area (Å²) < 4.78 is 22.6. The Kier molecular flexibility index (Phi) is 6.38. The number of primary sulfonamides is 1. The molecule has 0 saturated heterocycles. The molecule has 0 saturated carbocycles. The van der Waals surface area contributed by atoms with Gasteiger partial charge in [-0.25, -0.2) is 23.5 Å². The van der Waals surface area contributed by atoms with Crippen LogP contribution in [-0.4, -0.2) is 42.0 Å². The summed E-state index contributed by atoms with van der Waals surface area (Å²) in [7, 11) is -2.01. The number of amides is 1. The summed E-state index contributed by atoms with van der Waals surface area (Å²) in [5, 5.41) is 5.68. The maximum absolute atomic E-state index is 12.5. The highest BCUT2D eigenvalue weighted by atomic mass is 32.2. The molecule has 0 aliphatic heterocycles. The summed E-state index contributed by atoms with van der Waals surface area (Å²) in [6.07, 6.45) is 0. The van der Waals surface area contributed by atoms with Crippen molar-refractivity contribution in [3.8, 4) is 0 Å². The van der Waals surface area contributed by atoms with Crippen LogP contribution in [0.15, 0.2) is 40.4 Å². The minimum Gasteiger partial charge on any atom is -0.338 e. The van der Waals surface area contributed by atoms with Gasteiger partial charge in [0.15, 0.2) is 5.16 Å².